The zero-order valence-electron chi connectivity index (χ0n) is 32.7. The summed E-state index contributed by atoms with van der Waals surface area (Å²) in [6.07, 6.45) is 0. The Labute approximate surface area is 347 Å². The first-order valence-corrected chi connectivity index (χ1v) is 20.6. The molecule has 280 valence electrons. The van der Waals surface area contributed by atoms with Crippen molar-refractivity contribution in [2.45, 2.75) is 0 Å². The summed E-state index contributed by atoms with van der Waals surface area (Å²) in [6.45, 7) is 0. The van der Waals surface area contributed by atoms with Gasteiger partial charge in [0, 0.05) is 27.7 Å². The van der Waals surface area contributed by atoms with E-state index < -0.39 is 0 Å². The molecule has 1 heterocycles. The number of nitrogens with zero attached hydrogens (tertiary/aromatic N) is 1. The molecular weight excluding hydrogens is 727 g/mol. The van der Waals surface area contributed by atoms with Gasteiger partial charge >= 0.3 is 0 Å². The molecule has 60 heavy (non-hydrogen) atoms. The Bertz CT molecular complexity index is 3580. The number of rotatable bonds is 6. The van der Waals surface area contributed by atoms with Crippen LogP contribution in [-0.2, 0) is 0 Å². The highest BCUT2D eigenvalue weighted by molar-refractivity contribution is 6.11. The van der Waals surface area contributed by atoms with Crippen LogP contribution in [-0.4, -0.2) is 0 Å². The first-order chi connectivity index (χ1) is 29.7. The molecule has 0 spiro atoms. The number of fused-ring (bicyclic) bond motifs is 8. The molecule has 0 radical (unpaired) electrons. The lowest BCUT2D eigenvalue weighted by molar-refractivity contribution is 0.631. The van der Waals surface area contributed by atoms with Crippen LogP contribution in [0, 0.1) is 0 Å². The molecule has 0 unspecified atom stereocenters. The zero-order valence-corrected chi connectivity index (χ0v) is 32.7. The largest absolute Gasteiger partial charge is 0.456 e. The molecule has 0 atom stereocenters. The number of hydrogen-bond acceptors (Lipinski definition) is 2. The number of benzene rings is 11. The third kappa shape index (κ3) is 5.73. The van der Waals surface area contributed by atoms with E-state index in [0.29, 0.717) is 0 Å². The van der Waals surface area contributed by atoms with Crippen LogP contribution in [0.1, 0.15) is 0 Å². The third-order valence-electron chi connectivity index (χ3n) is 12.2. The van der Waals surface area contributed by atoms with Gasteiger partial charge in [-0.25, -0.2) is 0 Å². The molecule has 0 aliphatic carbocycles. The van der Waals surface area contributed by atoms with Gasteiger partial charge < -0.3 is 9.32 Å². The lowest BCUT2D eigenvalue weighted by Crippen LogP contribution is -2.10. The van der Waals surface area contributed by atoms with Crippen LogP contribution in [0.15, 0.2) is 229 Å². The Morgan fingerprint density at radius 3 is 1.60 bits per heavy atom. The fourth-order valence-corrected chi connectivity index (χ4v) is 9.26. The van der Waals surface area contributed by atoms with Gasteiger partial charge in [-0.1, -0.05) is 170 Å². The van der Waals surface area contributed by atoms with Crippen LogP contribution >= 0.6 is 0 Å². The first kappa shape index (κ1) is 34.1. The number of anilines is 3. The molecule has 12 rings (SSSR count). The second kappa shape index (κ2) is 13.9. The van der Waals surface area contributed by atoms with Crippen molar-refractivity contribution in [1.29, 1.82) is 0 Å². The van der Waals surface area contributed by atoms with E-state index in [4.69, 9.17) is 4.42 Å². The van der Waals surface area contributed by atoms with Crippen molar-refractivity contribution in [3.63, 3.8) is 0 Å². The third-order valence-corrected chi connectivity index (χ3v) is 12.2. The Hall–Kier alpha value is -7.94. The number of furan rings is 1. The van der Waals surface area contributed by atoms with E-state index >= 15 is 0 Å². The van der Waals surface area contributed by atoms with Crippen LogP contribution < -0.4 is 4.90 Å². The van der Waals surface area contributed by atoms with Crippen molar-refractivity contribution >= 4 is 81.9 Å². The average molecular weight is 764 g/mol. The van der Waals surface area contributed by atoms with Gasteiger partial charge in [0.05, 0.1) is 5.69 Å². The molecule has 0 N–H and O–H groups in total. The minimum absolute atomic E-state index is 0.870. The molecular formula is C58H37NO. The van der Waals surface area contributed by atoms with Crippen LogP contribution in [0.2, 0.25) is 0 Å². The maximum absolute atomic E-state index is 6.30. The number of para-hydroxylation sites is 1. The second-order valence-electron chi connectivity index (χ2n) is 15.7. The maximum Gasteiger partial charge on any atom is 0.135 e. The van der Waals surface area contributed by atoms with E-state index in [-0.39, 0.29) is 0 Å². The predicted octanol–water partition coefficient (Wildman–Crippen LogP) is 16.7. The van der Waals surface area contributed by atoms with E-state index in [1.165, 1.54) is 70.6 Å². The molecule has 0 saturated carbocycles. The van der Waals surface area contributed by atoms with Crippen LogP contribution in [0.3, 0.4) is 0 Å². The first-order valence-electron chi connectivity index (χ1n) is 20.6. The summed E-state index contributed by atoms with van der Waals surface area (Å²) in [7, 11) is 0. The molecule has 0 saturated heterocycles. The molecule has 12 aromatic rings. The Morgan fingerprint density at radius 1 is 0.283 bits per heavy atom. The summed E-state index contributed by atoms with van der Waals surface area (Å²) in [5.74, 6) is 0.870. The van der Waals surface area contributed by atoms with Gasteiger partial charge in [-0.15, -0.1) is 0 Å². The van der Waals surface area contributed by atoms with Crippen molar-refractivity contribution < 1.29 is 4.42 Å². The van der Waals surface area contributed by atoms with Crippen molar-refractivity contribution in [3.05, 3.63) is 224 Å². The van der Waals surface area contributed by atoms with Gasteiger partial charge in [-0.3, -0.25) is 0 Å². The van der Waals surface area contributed by atoms with Gasteiger partial charge in [-0.2, -0.15) is 0 Å². The fraction of sp³-hybridized carbons (Fsp3) is 0. The van der Waals surface area contributed by atoms with E-state index in [0.717, 1.165) is 44.9 Å². The highest BCUT2D eigenvalue weighted by atomic mass is 16.3. The van der Waals surface area contributed by atoms with E-state index in [1.54, 1.807) is 0 Å². The molecule has 0 aliphatic rings. The fourth-order valence-electron chi connectivity index (χ4n) is 9.26. The van der Waals surface area contributed by atoms with E-state index in [2.05, 4.69) is 217 Å². The highest BCUT2D eigenvalue weighted by Gasteiger charge is 2.19. The predicted molar refractivity (Wildman–Crippen MR) is 255 cm³/mol. The van der Waals surface area contributed by atoms with Crippen molar-refractivity contribution in [2.75, 3.05) is 4.90 Å². The van der Waals surface area contributed by atoms with Crippen molar-refractivity contribution in [1.82, 2.24) is 0 Å². The average Bonchev–Trinajstić information content (AvgIpc) is 3.76. The lowest BCUT2D eigenvalue weighted by atomic mass is 9.94. The summed E-state index contributed by atoms with van der Waals surface area (Å²) >= 11 is 0. The normalized spacial score (nSPS) is 11.7. The van der Waals surface area contributed by atoms with Crippen LogP contribution in [0.25, 0.3) is 98.4 Å². The SMILES string of the molecule is c1cc(-c2cc3ccccc3o2)cc(-c2ccc(N(c3ccc(-c4ccc5c(ccc6ccccc65)c4)cc3)c3ccc4c(ccc5ccccc54)c3)c3ccccc23)c1. The summed E-state index contributed by atoms with van der Waals surface area (Å²) in [4.78, 5) is 2.42. The molecule has 2 heteroatoms. The molecule has 0 fully saturated rings. The molecule has 11 aromatic carbocycles. The summed E-state index contributed by atoms with van der Waals surface area (Å²) < 4.78 is 6.30. The van der Waals surface area contributed by atoms with Gasteiger partial charge in [0.2, 0.25) is 0 Å². The van der Waals surface area contributed by atoms with Crippen molar-refractivity contribution in [2.24, 2.45) is 0 Å². The Balaban J connectivity index is 0.993. The summed E-state index contributed by atoms with van der Waals surface area (Å²) in [5.41, 5.74) is 9.98. The van der Waals surface area contributed by atoms with Gasteiger partial charge in [0.25, 0.3) is 0 Å². The molecule has 1 aromatic heterocycles. The van der Waals surface area contributed by atoms with Gasteiger partial charge in [-0.05, 0) is 125 Å². The second-order valence-corrected chi connectivity index (χ2v) is 15.7. The standard InChI is InChI=1S/C58H37NO/c1-4-15-49-39(10-1)20-22-43-34-41(26-30-51(43)49)38-24-27-47(28-25-38)59(48-29-31-52-44(36-48)23-21-40-11-2-5-16-50(40)52)56-33-32-53(54-17-6-7-18-55(54)56)42-13-9-14-45(35-42)58-37-46-12-3-8-19-57(46)60-58/h1-37H. The molecule has 2 nitrogen and oxygen atoms in total. The summed E-state index contributed by atoms with van der Waals surface area (Å²) in [6, 6.07) is 81.4. The van der Waals surface area contributed by atoms with Crippen LogP contribution in [0.4, 0.5) is 17.1 Å². The van der Waals surface area contributed by atoms with E-state index in [9.17, 15) is 0 Å². The minimum atomic E-state index is 0.870. The monoisotopic (exact) mass is 763 g/mol. The number of hydrogen-bond donors (Lipinski definition) is 0. The Kier molecular flexibility index (Phi) is 7.89. The van der Waals surface area contributed by atoms with Crippen LogP contribution in [0.5, 0.6) is 0 Å². The minimum Gasteiger partial charge on any atom is -0.456 e. The topological polar surface area (TPSA) is 16.4 Å². The molecule has 0 bridgehead atoms. The van der Waals surface area contributed by atoms with E-state index in [1.807, 2.05) is 12.1 Å². The quantitative estimate of drug-likeness (QED) is 0.157. The lowest BCUT2D eigenvalue weighted by Gasteiger charge is -2.28. The maximum atomic E-state index is 6.30. The van der Waals surface area contributed by atoms with Crippen molar-refractivity contribution in [3.8, 4) is 33.6 Å². The molecule has 0 aliphatic heterocycles. The summed E-state index contributed by atoms with van der Waals surface area (Å²) in [5, 5.41) is 13.5. The molecule has 0 amide bonds. The highest BCUT2D eigenvalue weighted by Crippen LogP contribution is 2.44. The van der Waals surface area contributed by atoms with Gasteiger partial charge in [0.15, 0.2) is 0 Å². The van der Waals surface area contributed by atoms with Gasteiger partial charge in [0.1, 0.15) is 11.3 Å². The smallest absolute Gasteiger partial charge is 0.135 e. The Morgan fingerprint density at radius 2 is 0.850 bits per heavy atom. The zero-order chi connectivity index (χ0) is 39.6.